The lowest BCUT2D eigenvalue weighted by Gasteiger charge is -2.45. The van der Waals surface area contributed by atoms with Gasteiger partial charge < -0.3 is 14.4 Å². The second-order valence-corrected chi connectivity index (χ2v) is 7.98. The topological polar surface area (TPSA) is 82.4 Å². The lowest BCUT2D eigenvalue weighted by atomic mass is 9.78. The average Bonchev–Trinajstić information content (AvgIpc) is 3.28. The number of carbonyl (C=O) groups excluding carboxylic acids is 1. The number of tetrazole rings is 1. The summed E-state index contributed by atoms with van der Waals surface area (Å²) in [4.78, 5) is 16.1. The van der Waals surface area contributed by atoms with Crippen molar-refractivity contribution in [2.75, 3.05) is 26.8 Å². The van der Waals surface area contributed by atoms with Crippen LogP contribution in [0.4, 0.5) is 0 Å². The fourth-order valence-electron chi connectivity index (χ4n) is 4.65. The van der Waals surface area contributed by atoms with Gasteiger partial charge in [0.25, 0.3) is 0 Å². The van der Waals surface area contributed by atoms with Crippen LogP contribution in [0.3, 0.4) is 0 Å². The molecule has 0 N–H and O–H groups in total. The number of piperidine rings is 1. The maximum absolute atomic E-state index is 12.9. The molecule has 31 heavy (non-hydrogen) atoms. The largest absolute Gasteiger partial charge is 0.496 e. The van der Waals surface area contributed by atoms with E-state index in [4.69, 9.17) is 9.47 Å². The third kappa shape index (κ3) is 3.67. The molecule has 1 aromatic heterocycles. The van der Waals surface area contributed by atoms with Gasteiger partial charge in [0.1, 0.15) is 17.9 Å². The minimum absolute atomic E-state index is 0.0112. The number of hydrogen-bond acceptors (Lipinski definition) is 6. The van der Waals surface area contributed by atoms with E-state index in [0.29, 0.717) is 25.5 Å². The normalized spacial score (nSPS) is 17.4. The predicted octanol–water partition coefficient (Wildman–Crippen LogP) is 2.44. The number of benzene rings is 2. The first-order valence-corrected chi connectivity index (χ1v) is 10.6. The van der Waals surface area contributed by atoms with E-state index in [1.807, 2.05) is 47.4 Å². The number of fused-ring (bicyclic) bond motifs is 2. The Labute approximate surface area is 180 Å². The van der Waals surface area contributed by atoms with E-state index in [-0.39, 0.29) is 18.1 Å². The van der Waals surface area contributed by atoms with Gasteiger partial charge in [-0.1, -0.05) is 42.5 Å². The van der Waals surface area contributed by atoms with Gasteiger partial charge in [-0.3, -0.25) is 4.79 Å². The molecule has 2 aliphatic heterocycles. The Morgan fingerprint density at radius 1 is 1.13 bits per heavy atom. The van der Waals surface area contributed by atoms with Gasteiger partial charge in [0.05, 0.1) is 13.7 Å². The lowest BCUT2D eigenvalue weighted by Crippen LogP contribution is -2.49. The van der Waals surface area contributed by atoms with Crippen LogP contribution in [-0.4, -0.2) is 57.8 Å². The summed E-state index contributed by atoms with van der Waals surface area (Å²) in [6, 6.07) is 15.8. The van der Waals surface area contributed by atoms with E-state index < -0.39 is 0 Å². The highest BCUT2D eigenvalue weighted by Crippen LogP contribution is 2.45. The summed E-state index contributed by atoms with van der Waals surface area (Å²) < 4.78 is 12.0. The van der Waals surface area contributed by atoms with Crippen molar-refractivity contribution < 1.29 is 14.3 Å². The number of ether oxygens (including phenoxy) is 2. The average molecular weight is 419 g/mol. The maximum atomic E-state index is 12.9. The molecule has 3 heterocycles. The summed E-state index contributed by atoms with van der Waals surface area (Å²) in [5.41, 5.74) is 2.93. The third-order valence-electron chi connectivity index (χ3n) is 6.22. The van der Waals surface area contributed by atoms with Gasteiger partial charge >= 0.3 is 0 Å². The Morgan fingerprint density at radius 3 is 2.71 bits per heavy atom. The molecule has 1 amide bonds. The van der Waals surface area contributed by atoms with Gasteiger partial charge in [-0.25, -0.2) is 0 Å². The smallest absolute Gasteiger partial charge is 0.246 e. The van der Waals surface area contributed by atoms with Crippen LogP contribution >= 0.6 is 0 Å². The molecule has 0 saturated carbocycles. The molecule has 5 rings (SSSR count). The van der Waals surface area contributed by atoms with Crippen LogP contribution in [0.2, 0.25) is 0 Å². The monoisotopic (exact) mass is 419 g/mol. The van der Waals surface area contributed by atoms with E-state index >= 15 is 0 Å². The molecule has 0 bridgehead atoms. The Kier molecular flexibility index (Phi) is 5.15. The van der Waals surface area contributed by atoms with Crippen LogP contribution in [0.15, 0.2) is 48.5 Å². The Morgan fingerprint density at radius 2 is 1.94 bits per heavy atom. The number of likely N-dealkylation sites (tertiary alicyclic amines) is 1. The van der Waals surface area contributed by atoms with Gasteiger partial charge in [0.2, 0.25) is 11.7 Å². The number of aromatic nitrogens is 4. The number of amides is 1. The molecule has 0 unspecified atom stereocenters. The van der Waals surface area contributed by atoms with E-state index in [0.717, 1.165) is 36.1 Å². The zero-order valence-corrected chi connectivity index (χ0v) is 17.5. The molecule has 1 spiro atoms. The standard InChI is InChI=1S/C23H25N5O3/c1-30-19-9-5-8-17-10-15-31-23(21(17)19)11-13-27(14-12-23)20(29)16-28-25-22(24-26-28)18-6-3-2-4-7-18/h2-9H,10-16H2,1H3. The molecule has 2 aromatic carbocycles. The molecule has 0 radical (unpaired) electrons. The number of nitrogens with zero attached hydrogens (tertiary/aromatic N) is 5. The van der Waals surface area contributed by atoms with Gasteiger partial charge in [0.15, 0.2) is 0 Å². The first kappa shape index (κ1) is 19.7. The maximum Gasteiger partial charge on any atom is 0.246 e. The molecule has 1 saturated heterocycles. The zero-order valence-electron chi connectivity index (χ0n) is 17.5. The minimum atomic E-state index is -0.386. The molecule has 1 fully saturated rings. The van der Waals surface area contributed by atoms with Gasteiger partial charge in [-0.15, -0.1) is 10.2 Å². The van der Waals surface area contributed by atoms with Gasteiger partial charge in [0, 0.05) is 24.2 Å². The zero-order chi connectivity index (χ0) is 21.3. The van der Waals surface area contributed by atoms with Crippen molar-refractivity contribution >= 4 is 5.91 Å². The van der Waals surface area contributed by atoms with Crippen LogP contribution in [-0.2, 0) is 28.1 Å². The van der Waals surface area contributed by atoms with Crippen molar-refractivity contribution in [2.24, 2.45) is 0 Å². The van der Waals surface area contributed by atoms with Crippen LogP contribution in [0.5, 0.6) is 5.75 Å². The minimum Gasteiger partial charge on any atom is -0.496 e. The summed E-state index contributed by atoms with van der Waals surface area (Å²) in [7, 11) is 1.70. The Hall–Kier alpha value is -3.26. The fourth-order valence-corrected chi connectivity index (χ4v) is 4.65. The number of hydrogen-bond donors (Lipinski definition) is 0. The second kappa shape index (κ2) is 8.11. The molecule has 0 atom stereocenters. The van der Waals surface area contributed by atoms with E-state index in [9.17, 15) is 4.79 Å². The molecule has 160 valence electrons. The van der Waals surface area contributed by atoms with Crippen LogP contribution in [0.1, 0.15) is 24.0 Å². The second-order valence-electron chi connectivity index (χ2n) is 7.98. The van der Waals surface area contributed by atoms with Crippen molar-refractivity contribution in [1.82, 2.24) is 25.1 Å². The van der Waals surface area contributed by atoms with E-state index in [1.165, 1.54) is 10.4 Å². The Balaban J connectivity index is 1.27. The fraction of sp³-hybridized carbons (Fsp3) is 0.391. The summed E-state index contributed by atoms with van der Waals surface area (Å²) in [6.45, 7) is 2.01. The van der Waals surface area contributed by atoms with Crippen molar-refractivity contribution in [2.45, 2.75) is 31.4 Å². The van der Waals surface area contributed by atoms with Crippen molar-refractivity contribution in [1.29, 1.82) is 0 Å². The molecule has 0 aliphatic carbocycles. The third-order valence-corrected chi connectivity index (χ3v) is 6.22. The molecule has 8 nitrogen and oxygen atoms in total. The quantitative estimate of drug-likeness (QED) is 0.646. The van der Waals surface area contributed by atoms with Gasteiger partial charge in [-0.05, 0) is 36.1 Å². The first-order valence-electron chi connectivity index (χ1n) is 10.6. The summed E-state index contributed by atoms with van der Waals surface area (Å²) in [5.74, 6) is 1.38. The van der Waals surface area contributed by atoms with Crippen LogP contribution < -0.4 is 4.74 Å². The predicted molar refractivity (Wildman–Crippen MR) is 113 cm³/mol. The summed E-state index contributed by atoms with van der Waals surface area (Å²) in [6.07, 6.45) is 2.37. The molecular weight excluding hydrogens is 394 g/mol. The molecule has 2 aliphatic rings. The number of carbonyl (C=O) groups is 1. The van der Waals surface area contributed by atoms with Crippen molar-refractivity contribution in [3.05, 3.63) is 59.7 Å². The van der Waals surface area contributed by atoms with Crippen molar-refractivity contribution in [3.63, 3.8) is 0 Å². The van der Waals surface area contributed by atoms with E-state index in [1.54, 1.807) is 7.11 Å². The highest BCUT2D eigenvalue weighted by atomic mass is 16.5. The molecular formula is C23H25N5O3. The first-order chi connectivity index (χ1) is 15.2. The van der Waals surface area contributed by atoms with Gasteiger partial charge in [-0.2, -0.15) is 4.80 Å². The summed E-state index contributed by atoms with van der Waals surface area (Å²) in [5, 5.41) is 12.5. The highest BCUT2D eigenvalue weighted by molar-refractivity contribution is 5.76. The molecule has 8 heteroatoms. The highest BCUT2D eigenvalue weighted by Gasteiger charge is 2.43. The van der Waals surface area contributed by atoms with Crippen LogP contribution in [0.25, 0.3) is 11.4 Å². The number of methoxy groups -OCH3 is 1. The number of rotatable bonds is 4. The summed E-state index contributed by atoms with van der Waals surface area (Å²) >= 11 is 0. The Bertz CT molecular complexity index is 1060. The SMILES string of the molecule is COc1cccc2c1C1(CCN(C(=O)Cn3nnc(-c4ccccc4)n3)CC1)OCC2. The lowest BCUT2D eigenvalue weighted by molar-refractivity contribution is -0.141. The molecule has 3 aromatic rings. The van der Waals surface area contributed by atoms with E-state index in [2.05, 4.69) is 21.5 Å². The van der Waals surface area contributed by atoms with Crippen LogP contribution in [0, 0.1) is 0 Å². The van der Waals surface area contributed by atoms with Crippen molar-refractivity contribution in [3.8, 4) is 17.1 Å².